The van der Waals surface area contributed by atoms with Crippen molar-refractivity contribution >= 4 is 11.9 Å². The first kappa shape index (κ1) is 17.1. The molecule has 3 rings (SSSR count). The molecule has 1 amide bonds. The number of hydrogen-bond donors (Lipinski definition) is 1. The maximum Gasteiger partial charge on any atom is 0.330 e. The number of pyridine rings is 1. The van der Waals surface area contributed by atoms with E-state index in [0.717, 1.165) is 5.56 Å². The largest absolute Gasteiger partial charge is 0.479 e. The lowest BCUT2D eigenvalue weighted by Crippen LogP contribution is -2.52. The minimum absolute atomic E-state index is 0.0604. The summed E-state index contributed by atoms with van der Waals surface area (Å²) in [5.41, 5.74) is 0.0162. The van der Waals surface area contributed by atoms with E-state index in [1.807, 2.05) is 12.1 Å². The molecule has 3 heterocycles. The third-order valence-electron chi connectivity index (χ3n) is 4.98. The second kappa shape index (κ2) is 7.04. The highest BCUT2D eigenvalue weighted by molar-refractivity contribution is 5.79. The van der Waals surface area contributed by atoms with Gasteiger partial charge in [0.05, 0.1) is 0 Å². The summed E-state index contributed by atoms with van der Waals surface area (Å²) in [6.07, 6.45) is 8.63. The van der Waals surface area contributed by atoms with Crippen molar-refractivity contribution in [3.63, 3.8) is 0 Å². The molecule has 132 valence electrons. The molecule has 1 aliphatic heterocycles. The number of amides is 1. The Bertz CT molecular complexity index is 749. The Balaban J connectivity index is 1.63. The van der Waals surface area contributed by atoms with Gasteiger partial charge in [-0.15, -0.1) is 0 Å². The van der Waals surface area contributed by atoms with Gasteiger partial charge in [0.1, 0.15) is 11.4 Å². The standard InChI is InChI=1S/C18H22N4O3/c1-14-20-9-12-22(14)18(17(24)25)6-10-21(11-7-18)16(23)5-4-15-3-2-8-19-13-15/h2-3,8-9,12-13H,4-7,10-11H2,1H3,(H,24,25). The Morgan fingerprint density at radius 2 is 2.04 bits per heavy atom. The highest BCUT2D eigenvalue weighted by atomic mass is 16.4. The van der Waals surface area contributed by atoms with Crippen LogP contribution in [-0.2, 0) is 21.5 Å². The van der Waals surface area contributed by atoms with Crippen molar-refractivity contribution in [1.82, 2.24) is 19.4 Å². The molecular formula is C18H22N4O3. The molecule has 1 saturated heterocycles. The Morgan fingerprint density at radius 1 is 1.28 bits per heavy atom. The van der Waals surface area contributed by atoms with Gasteiger partial charge in [0.2, 0.25) is 5.91 Å². The van der Waals surface area contributed by atoms with Crippen molar-refractivity contribution in [2.45, 2.75) is 38.1 Å². The third-order valence-corrected chi connectivity index (χ3v) is 4.98. The van der Waals surface area contributed by atoms with Crippen LogP contribution in [0.1, 0.15) is 30.7 Å². The highest BCUT2D eigenvalue weighted by Gasteiger charge is 2.44. The molecular weight excluding hydrogens is 320 g/mol. The van der Waals surface area contributed by atoms with Gasteiger partial charge >= 0.3 is 5.97 Å². The summed E-state index contributed by atoms with van der Waals surface area (Å²) in [5, 5.41) is 9.80. The predicted octanol–water partition coefficient (Wildman–Crippen LogP) is 1.62. The molecule has 0 radical (unpaired) electrons. The predicted molar refractivity (Wildman–Crippen MR) is 90.9 cm³/mol. The number of nitrogens with zero attached hydrogens (tertiary/aromatic N) is 4. The maximum absolute atomic E-state index is 12.4. The molecule has 0 aromatic carbocycles. The van der Waals surface area contributed by atoms with Crippen molar-refractivity contribution in [1.29, 1.82) is 0 Å². The number of carbonyl (C=O) groups is 2. The summed E-state index contributed by atoms with van der Waals surface area (Å²) in [6.45, 7) is 2.68. The number of carboxylic acid groups (broad SMARTS) is 1. The summed E-state index contributed by atoms with van der Waals surface area (Å²) in [4.78, 5) is 34.4. The van der Waals surface area contributed by atoms with Crippen LogP contribution < -0.4 is 0 Å². The fraction of sp³-hybridized carbons (Fsp3) is 0.444. The average molecular weight is 342 g/mol. The zero-order valence-electron chi connectivity index (χ0n) is 14.3. The van der Waals surface area contributed by atoms with E-state index in [4.69, 9.17) is 0 Å². The second-order valence-corrected chi connectivity index (χ2v) is 6.42. The van der Waals surface area contributed by atoms with Gasteiger partial charge in [-0.3, -0.25) is 9.78 Å². The molecule has 0 bridgehead atoms. The van der Waals surface area contributed by atoms with Crippen molar-refractivity contribution < 1.29 is 14.7 Å². The minimum atomic E-state index is -1.01. The molecule has 1 N–H and O–H groups in total. The van der Waals surface area contributed by atoms with Gasteiger partial charge in [0.25, 0.3) is 0 Å². The summed E-state index contributed by atoms with van der Waals surface area (Å²) < 4.78 is 1.73. The summed E-state index contributed by atoms with van der Waals surface area (Å²) in [5.74, 6) is -0.125. The van der Waals surface area contributed by atoms with Crippen molar-refractivity contribution in [3.8, 4) is 0 Å². The molecule has 2 aromatic rings. The van der Waals surface area contributed by atoms with Gasteiger partial charge in [-0.2, -0.15) is 0 Å². The molecule has 25 heavy (non-hydrogen) atoms. The minimum Gasteiger partial charge on any atom is -0.479 e. The van der Waals surface area contributed by atoms with Crippen molar-refractivity contribution in [2.75, 3.05) is 13.1 Å². The topological polar surface area (TPSA) is 88.3 Å². The van der Waals surface area contributed by atoms with Crippen molar-refractivity contribution in [3.05, 3.63) is 48.3 Å². The monoisotopic (exact) mass is 342 g/mol. The van der Waals surface area contributed by atoms with E-state index >= 15 is 0 Å². The van der Waals surface area contributed by atoms with E-state index in [9.17, 15) is 14.7 Å². The molecule has 7 nitrogen and oxygen atoms in total. The lowest BCUT2D eigenvalue weighted by Gasteiger charge is -2.40. The van der Waals surface area contributed by atoms with Crippen LogP contribution in [0.25, 0.3) is 0 Å². The lowest BCUT2D eigenvalue weighted by molar-refractivity contribution is -0.152. The number of aryl methyl sites for hydroxylation is 2. The highest BCUT2D eigenvalue weighted by Crippen LogP contribution is 2.32. The normalized spacial score (nSPS) is 16.6. The average Bonchev–Trinajstić information content (AvgIpc) is 3.07. The van der Waals surface area contributed by atoms with Crippen LogP contribution in [-0.4, -0.2) is 49.5 Å². The van der Waals surface area contributed by atoms with E-state index in [1.165, 1.54) is 0 Å². The first-order valence-corrected chi connectivity index (χ1v) is 8.43. The molecule has 0 saturated carbocycles. The fourth-order valence-corrected chi connectivity index (χ4v) is 3.47. The van der Waals surface area contributed by atoms with Crippen LogP contribution in [0.4, 0.5) is 0 Å². The molecule has 0 spiro atoms. The van der Waals surface area contributed by atoms with Gasteiger partial charge in [-0.1, -0.05) is 6.07 Å². The number of carbonyl (C=O) groups excluding carboxylic acids is 1. The van der Waals surface area contributed by atoms with Gasteiger partial charge in [-0.05, 0) is 37.8 Å². The van der Waals surface area contributed by atoms with Crippen molar-refractivity contribution in [2.24, 2.45) is 0 Å². The van der Waals surface area contributed by atoms with Crippen LogP contribution in [0.3, 0.4) is 0 Å². The third kappa shape index (κ3) is 3.40. The Kier molecular flexibility index (Phi) is 4.83. The number of aliphatic carboxylic acids is 1. The molecule has 0 aliphatic carbocycles. The van der Waals surface area contributed by atoms with Crippen LogP contribution in [0.15, 0.2) is 36.9 Å². The van der Waals surface area contributed by atoms with E-state index in [-0.39, 0.29) is 5.91 Å². The Hall–Kier alpha value is -2.70. The zero-order valence-corrected chi connectivity index (χ0v) is 14.3. The molecule has 1 aliphatic rings. The number of aromatic nitrogens is 3. The van der Waals surface area contributed by atoms with Gasteiger partial charge in [-0.25, -0.2) is 9.78 Å². The van der Waals surface area contributed by atoms with Gasteiger partial charge < -0.3 is 14.6 Å². The first-order chi connectivity index (χ1) is 12.0. The number of likely N-dealkylation sites (tertiary alicyclic amines) is 1. The molecule has 0 unspecified atom stereocenters. The smallest absolute Gasteiger partial charge is 0.330 e. The SMILES string of the molecule is Cc1nccn1C1(C(=O)O)CCN(C(=O)CCc2cccnc2)CC1. The Morgan fingerprint density at radius 3 is 2.60 bits per heavy atom. The Labute approximate surface area is 146 Å². The van der Waals surface area contributed by atoms with Crippen LogP contribution >= 0.6 is 0 Å². The number of piperidine rings is 1. The number of hydrogen-bond acceptors (Lipinski definition) is 4. The van der Waals surface area contributed by atoms with E-state index < -0.39 is 11.5 Å². The number of carboxylic acids is 1. The quantitative estimate of drug-likeness (QED) is 0.892. The zero-order chi connectivity index (χ0) is 17.9. The maximum atomic E-state index is 12.4. The molecule has 7 heteroatoms. The summed E-state index contributed by atoms with van der Waals surface area (Å²) in [7, 11) is 0. The summed E-state index contributed by atoms with van der Waals surface area (Å²) in [6, 6.07) is 3.81. The van der Waals surface area contributed by atoms with Crippen LogP contribution in [0, 0.1) is 6.92 Å². The molecule has 0 atom stereocenters. The van der Waals surface area contributed by atoms with E-state index in [1.54, 1.807) is 41.2 Å². The van der Waals surface area contributed by atoms with Crippen LogP contribution in [0.5, 0.6) is 0 Å². The number of imidazole rings is 1. The van der Waals surface area contributed by atoms with Gasteiger partial charge in [0, 0.05) is 44.3 Å². The molecule has 1 fully saturated rings. The van der Waals surface area contributed by atoms with Crippen LogP contribution in [0.2, 0.25) is 0 Å². The fourth-order valence-electron chi connectivity index (χ4n) is 3.47. The second-order valence-electron chi connectivity index (χ2n) is 6.42. The summed E-state index contributed by atoms with van der Waals surface area (Å²) >= 11 is 0. The molecule has 2 aromatic heterocycles. The first-order valence-electron chi connectivity index (χ1n) is 8.43. The number of rotatable bonds is 5. The van der Waals surface area contributed by atoms with E-state index in [2.05, 4.69) is 9.97 Å². The lowest BCUT2D eigenvalue weighted by atomic mass is 9.86. The van der Waals surface area contributed by atoms with E-state index in [0.29, 0.717) is 44.6 Å². The van der Waals surface area contributed by atoms with Gasteiger partial charge in [0.15, 0.2) is 0 Å².